The molecule has 3 nitrogen and oxygen atoms in total. The van der Waals surface area contributed by atoms with Gasteiger partial charge in [-0.05, 0) is 26.8 Å². The van der Waals surface area contributed by atoms with Crippen LogP contribution in [0.5, 0.6) is 0 Å². The molecule has 1 aliphatic heterocycles. The second-order valence-electron chi connectivity index (χ2n) is 5.38. The van der Waals surface area contributed by atoms with E-state index in [9.17, 15) is 17.6 Å². The molecule has 1 heterocycles. The zero-order valence-corrected chi connectivity index (χ0v) is 12.5. The van der Waals surface area contributed by atoms with Crippen molar-refractivity contribution in [2.24, 2.45) is 0 Å². The van der Waals surface area contributed by atoms with Crippen LogP contribution in [-0.4, -0.2) is 17.7 Å². The highest BCUT2D eigenvalue weighted by atomic mass is 19.4. The van der Waals surface area contributed by atoms with Crippen molar-refractivity contribution >= 4 is 0 Å². The van der Waals surface area contributed by atoms with Crippen LogP contribution in [0, 0.1) is 5.82 Å². The lowest BCUT2D eigenvalue weighted by Crippen LogP contribution is -2.43. The highest BCUT2D eigenvalue weighted by Gasteiger charge is 2.35. The van der Waals surface area contributed by atoms with Crippen molar-refractivity contribution < 1.29 is 22.3 Å². The average Bonchev–Trinajstić information content (AvgIpc) is 2.35. The molecule has 0 aliphatic carbocycles. The largest absolute Gasteiger partial charge is 0.492 e. The fraction of sp³-hybridized carbons (Fsp3) is 0.467. The van der Waals surface area contributed by atoms with Crippen LogP contribution >= 0.6 is 0 Å². The number of ether oxygens (including phenoxy) is 1. The standard InChI is InChI=1S/C15H18F4N2O/c1-9-7-21(8-10(2)22-9)20-11(3)12-5-4-6-13(14(12)16)15(17,18)19/h4-7,10-11,20H,8H2,1-3H3. The number of rotatable bonds is 3. The van der Waals surface area contributed by atoms with E-state index in [4.69, 9.17) is 4.74 Å². The minimum Gasteiger partial charge on any atom is -0.492 e. The lowest BCUT2D eigenvalue weighted by molar-refractivity contribution is -0.140. The van der Waals surface area contributed by atoms with Gasteiger partial charge >= 0.3 is 6.18 Å². The maximum Gasteiger partial charge on any atom is 0.419 e. The fourth-order valence-corrected chi connectivity index (χ4v) is 2.45. The van der Waals surface area contributed by atoms with E-state index < -0.39 is 23.6 Å². The maximum absolute atomic E-state index is 14.1. The molecule has 2 rings (SSSR count). The van der Waals surface area contributed by atoms with Crippen LogP contribution in [0.4, 0.5) is 17.6 Å². The lowest BCUT2D eigenvalue weighted by atomic mass is 10.0. The van der Waals surface area contributed by atoms with Crippen molar-refractivity contribution in [3.63, 3.8) is 0 Å². The highest BCUT2D eigenvalue weighted by molar-refractivity contribution is 5.30. The zero-order chi connectivity index (χ0) is 16.5. The Balaban J connectivity index is 2.20. The number of nitrogens with one attached hydrogen (secondary N) is 1. The molecule has 0 fully saturated rings. The summed E-state index contributed by atoms with van der Waals surface area (Å²) >= 11 is 0. The lowest BCUT2D eigenvalue weighted by Gasteiger charge is -2.33. The SMILES string of the molecule is CC1=CN(NC(C)c2cccc(C(F)(F)F)c2F)CC(C)O1. The first-order chi connectivity index (χ1) is 10.2. The summed E-state index contributed by atoms with van der Waals surface area (Å²) in [4.78, 5) is 0. The molecule has 1 aromatic carbocycles. The third-order valence-electron chi connectivity index (χ3n) is 3.34. The third-order valence-corrected chi connectivity index (χ3v) is 3.34. The third kappa shape index (κ3) is 3.71. The normalized spacial score (nSPS) is 20.4. The maximum atomic E-state index is 14.1. The van der Waals surface area contributed by atoms with Gasteiger partial charge in [0.1, 0.15) is 17.7 Å². The molecule has 1 N–H and O–H groups in total. The van der Waals surface area contributed by atoms with E-state index in [0.29, 0.717) is 12.3 Å². The monoisotopic (exact) mass is 318 g/mol. The van der Waals surface area contributed by atoms with Crippen molar-refractivity contribution in [3.05, 3.63) is 47.1 Å². The first kappa shape index (κ1) is 16.6. The summed E-state index contributed by atoms with van der Waals surface area (Å²) in [6, 6.07) is 2.69. The molecule has 1 aromatic rings. The van der Waals surface area contributed by atoms with E-state index in [2.05, 4.69) is 5.43 Å². The average molecular weight is 318 g/mol. The van der Waals surface area contributed by atoms with Gasteiger partial charge in [0.05, 0.1) is 24.4 Å². The number of hydrogen-bond donors (Lipinski definition) is 1. The van der Waals surface area contributed by atoms with Crippen LogP contribution in [0.25, 0.3) is 0 Å². The highest BCUT2D eigenvalue weighted by Crippen LogP contribution is 2.34. The molecule has 0 radical (unpaired) electrons. The van der Waals surface area contributed by atoms with Gasteiger partial charge in [0, 0.05) is 5.56 Å². The van der Waals surface area contributed by atoms with Gasteiger partial charge in [-0.2, -0.15) is 13.2 Å². The van der Waals surface area contributed by atoms with Gasteiger partial charge in [0.25, 0.3) is 0 Å². The molecule has 122 valence electrons. The molecule has 2 unspecified atom stereocenters. The van der Waals surface area contributed by atoms with E-state index in [1.54, 1.807) is 25.1 Å². The number of halogens is 4. The van der Waals surface area contributed by atoms with Crippen LogP contribution in [0.15, 0.2) is 30.2 Å². The molecule has 2 atom stereocenters. The van der Waals surface area contributed by atoms with Gasteiger partial charge < -0.3 is 9.75 Å². The Bertz CT molecular complexity index is 571. The van der Waals surface area contributed by atoms with E-state index >= 15 is 0 Å². The van der Waals surface area contributed by atoms with Crippen LogP contribution in [0.1, 0.15) is 37.9 Å². The first-order valence-corrected chi connectivity index (χ1v) is 6.92. The van der Waals surface area contributed by atoms with Gasteiger partial charge in [-0.15, -0.1) is 0 Å². The predicted octanol–water partition coefficient (Wildman–Crippen LogP) is 3.99. The number of nitrogens with zero attached hydrogens (tertiary/aromatic N) is 1. The second-order valence-corrected chi connectivity index (χ2v) is 5.38. The summed E-state index contributed by atoms with van der Waals surface area (Å²) < 4.78 is 57.8. The molecule has 0 spiro atoms. The van der Waals surface area contributed by atoms with Crippen molar-refractivity contribution in [2.75, 3.05) is 6.54 Å². The molecule has 0 bridgehead atoms. The van der Waals surface area contributed by atoms with Crippen molar-refractivity contribution in [3.8, 4) is 0 Å². The summed E-state index contributed by atoms with van der Waals surface area (Å²) in [5.74, 6) is -0.556. The summed E-state index contributed by atoms with van der Waals surface area (Å²) in [6.07, 6.45) is -3.07. The Morgan fingerprint density at radius 1 is 1.36 bits per heavy atom. The molecule has 0 saturated heterocycles. The number of hydrazine groups is 1. The van der Waals surface area contributed by atoms with Crippen LogP contribution in [0.2, 0.25) is 0 Å². The molecule has 0 saturated carbocycles. The Labute approximate surface area is 126 Å². The van der Waals surface area contributed by atoms with Crippen molar-refractivity contribution in [2.45, 2.75) is 39.1 Å². The molecular formula is C15H18F4N2O. The predicted molar refractivity (Wildman–Crippen MR) is 74.0 cm³/mol. The number of alkyl halides is 3. The van der Waals surface area contributed by atoms with Crippen LogP contribution < -0.4 is 5.43 Å². The van der Waals surface area contributed by atoms with Crippen LogP contribution in [-0.2, 0) is 10.9 Å². The minimum atomic E-state index is -4.70. The van der Waals surface area contributed by atoms with E-state index in [-0.39, 0.29) is 11.7 Å². The topological polar surface area (TPSA) is 24.5 Å². The van der Waals surface area contributed by atoms with E-state index in [1.165, 1.54) is 12.1 Å². The smallest absolute Gasteiger partial charge is 0.419 e. The molecule has 0 aromatic heterocycles. The van der Waals surface area contributed by atoms with Crippen LogP contribution in [0.3, 0.4) is 0 Å². The summed E-state index contributed by atoms with van der Waals surface area (Å²) in [5, 5.41) is 1.70. The van der Waals surface area contributed by atoms with Gasteiger partial charge in [-0.3, -0.25) is 0 Å². The molecule has 0 amide bonds. The quantitative estimate of drug-likeness (QED) is 0.853. The Kier molecular flexibility index (Phi) is 4.65. The van der Waals surface area contributed by atoms with Gasteiger partial charge in [0.2, 0.25) is 0 Å². The first-order valence-electron chi connectivity index (χ1n) is 6.92. The number of hydrogen-bond acceptors (Lipinski definition) is 3. The van der Waals surface area contributed by atoms with E-state index in [1.807, 2.05) is 6.92 Å². The number of allylic oxidation sites excluding steroid dienone is 1. The van der Waals surface area contributed by atoms with Gasteiger partial charge in [-0.25, -0.2) is 9.82 Å². The fourth-order valence-electron chi connectivity index (χ4n) is 2.45. The van der Waals surface area contributed by atoms with E-state index in [0.717, 1.165) is 6.07 Å². The summed E-state index contributed by atoms with van der Waals surface area (Å²) in [6.45, 7) is 5.78. The summed E-state index contributed by atoms with van der Waals surface area (Å²) in [7, 11) is 0. The minimum absolute atomic E-state index is 0.0278. The Hall–Kier alpha value is -1.76. The van der Waals surface area contributed by atoms with Crippen molar-refractivity contribution in [1.29, 1.82) is 0 Å². The number of benzene rings is 1. The molecular weight excluding hydrogens is 300 g/mol. The van der Waals surface area contributed by atoms with Gasteiger partial charge in [0.15, 0.2) is 0 Å². The second kappa shape index (κ2) is 6.16. The Morgan fingerprint density at radius 2 is 2.05 bits per heavy atom. The van der Waals surface area contributed by atoms with Crippen molar-refractivity contribution in [1.82, 2.24) is 10.4 Å². The zero-order valence-electron chi connectivity index (χ0n) is 12.5. The Morgan fingerprint density at radius 3 is 2.64 bits per heavy atom. The van der Waals surface area contributed by atoms with Gasteiger partial charge in [-0.1, -0.05) is 12.1 Å². The molecule has 1 aliphatic rings. The molecule has 22 heavy (non-hydrogen) atoms. The summed E-state index contributed by atoms with van der Waals surface area (Å²) in [5.41, 5.74) is 1.71. The molecule has 7 heteroatoms.